The van der Waals surface area contributed by atoms with Crippen molar-refractivity contribution in [2.45, 2.75) is 24.9 Å². The molecule has 2 aliphatic rings. The number of hydrogen-bond donors (Lipinski definition) is 1. The third kappa shape index (κ3) is 4.09. The molecule has 0 saturated carbocycles. The lowest BCUT2D eigenvalue weighted by Crippen LogP contribution is -2.42. The molecular weight excluding hydrogens is 366 g/mol. The number of amides is 1. The molecule has 2 aromatic carbocycles. The summed E-state index contributed by atoms with van der Waals surface area (Å²) in [5, 5.41) is 0. The van der Waals surface area contributed by atoms with Crippen LogP contribution in [0.15, 0.2) is 42.5 Å². The molecule has 1 fully saturated rings. The summed E-state index contributed by atoms with van der Waals surface area (Å²) in [6.07, 6.45) is 0.827. The molecule has 1 saturated heterocycles. The van der Waals surface area contributed by atoms with E-state index in [-0.39, 0.29) is 17.9 Å². The predicted molar refractivity (Wildman–Crippen MR) is 112 cm³/mol. The van der Waals surface area contributed by atoms with Crippen molar-refractivity contribution in [3.05, 3.63) is 59.2 Å². The van der Waals surface area contributed by atoms with Crippen LogP contribution in [0.2, 0.25) is 0 Å². The van der Waals surface area contributed by atoms with Crippen LogP contribution in [0.1, 0.15) is 22.6 Å². The Morgan fingerprint density at radius 1 is 1.07 bits per heavy atom. The smallest absolute Gasteiger partial charge is 0.237 e. The second-order valence-corrected chi connectivity index (χ2v) is 7.92. The van der Waals surface area contributed by atoms with Gasteiger partial charge in [0.2, 0.25) is 5.91 Å². The number of likely N-dealkylation sites (tertiary alicyclic amines) is 1. The molecule has 29 heavy (non-hydrogen) atoms. The zero-order valence-corrected chi connectivity index (χ0v) is 17.1. The van der Waals surface area contributed by atoms with Crippen LogP contribution in [0, 0.1) is 0 Å². The summed E-state index contributed by atoms with van der Waals surface area (Å²) < 4.78 is 10.8. The van der Waals surface area contributed by atoms with Crippen molar-refractivity contribution in [1.29, 1.82) is 0 Å². The van der Waals surface area contributed by atoms with Gasteiger partial charge < -0.3 is 20.1 Å². The van der Waals surface area contributed by atoms with Gasteiger partial charge in [0.1, 0.15) is 0 Å². The van der Waals surface area contributed by atoms with E-state index in [1.807, 2.05) is 35.2 Å². The summed E-state index contributed by atoms with van der Waals surface area (Å²) in [6, 6.07) is 14.4. The van der Waals surface area contributed by atoms with Gasteiger partial charge in [0, 0.05) is 38.1 Å². The Kier molecular flexibility index (Phi) is 5.74. The Bertz CT molecular complexity index is 871. The molecule has 154 valence electrons. The zero-order valence-electron chi connectivity index (χ0n) is 17.1. The number of rotatable bonds is 5. The molecule has 0 spiro atoms. The monoisotopic (exact) mass is 395 g/mol. The Morgan fingerprint density at radius 2 is 1.76 bits per heavy atom. The van der Waals surface area contributed by atoms with Crippen molar-refractivity contribution in [2.75, 3.05) is 40.4 Å². The Morgan fingerprint density at radius 3 is 2.45 bits per heavy atom. The first kappa shape index (κ1) is 19.7. The summed E-state index contributed by atoms with van der Waals surface area (Å²) in [7, 11) is 3.28. The number of carbonyl (C=O) groups excluding carboxylic acids is 1. The minimum absolute atomic E-state index is 0.0593. The van der Waals surface area contributed by atoms with E-state index in [2.05, 4.69) is 17.0 Å². The van der Waals surface area contributed by atoms with Gasteiger partial charge in [-0.1, -0.05) is 30.3 Å². The molecule has 6 nitrogen and oxygen atoms in total. The maximum atomic E-state index is 13.0. The highest BCUT2D eigenvalue weighted by molar-refractivity contribution is 5.78. The first-order valence-electron chi connectivity index (χ1n) is 10.1. The Labute approximate surface area is 172 Å². The highest BCUT2D eigenvalue weighted by Gasteiger charge is 2.33. The van der Waals surface area contributed by atoms with E-state index in [1.54, 1.807) is 14.2 Å². The highest BCUT2D eigenvalue weighted by atomic mass is 16.5. The fraction of sp³-hybridized carbons (Fsp3) is 0.435. The fourth-order valence-electron chi connectivity index (χ4n) is 4.48. The number of nitrogens with zero attached hydrogens (tertiary/aromatic N) is 2. The van der Waals surface area contributed by atoms with Crippen LogP contribution in [-0.4, -0.2) is 62.1 Å². The second kappa shape index (κ2) is 8.43. The number of benzene rings is 2. The third-order valence-electron chi connectivity index (χ3n) is 6.10. The van der Waals surface area contributed by atoms with Crippen LogP contribution in [0.5, 0.6) is 11.5 Å². The van der Waals surface area contributed by atoms with E-state index in [1.165, 1.54) is 11.1 Å². The maximum absolute atomic E-state index is 13.0. The SMILES string of the molecule is COc1cc2c(cc1OC)CN(C(=O)CN1C[C@@H](N)[C@H](c3ccccc3)C1)CC2. The van der Waals surface area contributed by atoms with E-state index >= 15 is 0 Å². The van der Waals surface area contributed by atoms with Gasteiger partial charge in [-0.3, -0.25) is 9.69 Å². The molecule has 2 aliphatic heterocycles. The maximum Gasteiger partial charge on any atom is 0.237 e. The standard InChI is InChI=1S/C23H29N3O3/c1-28-21-10-17-8-9-26(12-18(17)11-22(21)29-2)23(27)15-25-13-19(20(24)14-25)16-6-4-3-5-7-16/h3-7,10-11,19-20H,8-9,12-15,24H2,1-2H3/t19-,20+/m0/s1. The lowest BCUT2D eigenvalue weighted by Gasteiger charge is -2.31. The number of methoxy groups -OCH3 is 2. The van der Waals surface area contributed by atoms with Gasteiger partial charge in [0.15, 0.2) is 11.5 Å². The van der Waals surface area contributed by atoms with Crippen LogP contribution in [0.3, 0.4) is 0 Å². The van der Waals surface area contributed by atoms with Gasteiger partial charge in [0.25, 0.3) is 0 Å². The molecule has 0 aliphatic carbocycles. The summed E-state index contributed by atoms with van der Waals surface area (Å²) in [6.45, 7) is 3.33. The van der Waals surface area contributed by atoms with E-state index in [0.717, 1.165) is 37.4 Å². The molecule has 0 bridgehead atoms. The first-order chi connectivity index (χ1) is 14.1. The number of ether oxygens (including phenoxy) is 2. The zero-order chi connectivity index (χ0) is 20.4. The van der Waals surface area contributed by atoms with Crippen LogP contribution >= 0.6 is 0 Å². The van der Waals surface area contributed by atoms with Crippen LogP contribution in [0.25, 0.3) is 0 Å². The minimum Gasteiger partial charge on any atom is -0.493 e. The van der Waals surface area contributed by atoms with Crippen LogP contribution in [-0.2, 0) is 17.8 Å². The molecule has 2 atom stereocenters. The van der Waals surface area contributed by atoms with Gasteiger partial charge in [-0.2, -0.15) is 0 Å². The Balaban J connectivity index is 1.40. The summed E-state index contributed by atoms with van der Waals surface area (Å²) in [5.41, 5.74) is 9.99. The lowest BCUT2D eigenvalue weighted by atomic mass is 9.95. The van der Waals surface area contributed by atoms with E-state index in [9.17, 15) is 4.79 Å². The Hall–Kier alpha value is -2.57. The molecule has 6 heteroatoms. The third-order valence-corrected chi connectivity index (χ3v) is 6.10. The molecule has 0 unspecified atom stereocenters. The number of carbonyl (C=O) groups is 1. The van der Waals surface area contributed by atoms with Gasteiger partial charge in [-0.05, 0) is 35.2 Å². The molecule has 0 aromatic heterocycles. The quantitative estimate of drug-likeness (QED) is 0.839. The summed E-state index contributed by atoms with van der Waals surface area (Å²) in [4.78, 5) is 17.1. The lowest BCUT2D eigenvalue weighted by molar-refractivity contribution is -0.133. The van der Waals surface area contributed by atoms with Gasteiger partial charge in [-0.25, -0.2) is 0 Å². The van der Waals surface area contributed by atoms with Crippen molar-refractivity contribution >= 4 is 5.91 Å². The average Bonchev–Trinajstić information content (AvgIpc) is 3.12. The summed E-state index contributed by atoms with van der Waals surface area (Å²) >= 11 is 0. The number of nitrogens with two attached hydrogens (primary N) is 1. The van der Waals surface area contributed by atoms with Crippen molar-refractivity contribution in [2.24, 2.45) is 5.73 Å². The van der Waals surface area contributed by atoms with Gasteiger partial charge >= 0.3 is 0 Å². The van der Waals surface area contributed by atoms with Crippen molar-refractivity contribution in [3.8, 4) is 11.5 Å². The van der Waals surface area contributed by atoms with Crippen molar-refractivity contribution in [1.82, 2.24) is 9.80 Å². The average molecular weight is 396 g/mol. The second-order valence-electron chi connectivity index (χ2n) is 7.92. The minimum atomic E-state index is 0.0593. The molecule has 0 radical (unpaired) electrons. The van der Waals surface area contributed by atoms with Crippen LogP contribution < -0.4 is 15.2 Å². The number of fused-ring (bicyclic) bond motifs is 1. The normalized spacial score (nSPS) is 21.7. The molecule has 4 rings (SSSR count). The van der Waals surface area contributed by atoms with Gasteiger partial charge in [-0.15, -0.1) is 0 Å². The highest BCUT2D eigenvalue weighted by Crippen LogP contribution is 2.33. The topological polar surface area (TPSA) is 68.0 Å². The summed E-state index contributed by atoms with van der Waals surface area (Å²) in [5.74, 6) is 1.88. The molecular formula is C23H29N3O3. The van der Waals surface area contributed by atoms with E-state index in [0.29, 0.717) is 18.8 Å². The predicted octanol–water partition coefficient (Wildman–Crippen LogP) is 2.02. The van der Waals surface area contributed by atoms with Crippen molar-refractivity contribution in [3.63, 3.8) is 0 Å². The molecule has 2 aromatic rings. The van der Waals surface area contributed by atoms with Crippen LogP contribution in [0.4, 0.5) is 0 Å². The molecule has 2 N–H and O–H groups in total. The van der Waals surface area contributed by atoms with Crippen molar-refractivity contribution < 1.29 is 14.3 Å². The fourth-order valence-corrected chi connectivity index (χ4v) is 4.48. The number of hydrogen-bond acceptors (Lipinski definition) is 5. The molecule has 1 amide bonds. The largest absolute Gasteiger partial charge is 0.493 e. The van der Waals surface area contributed by atoms with E-state index < -0.39 is 0 Å². The van der Waals surface area contributed by atoms with E-state index in [4.69, 9.17) is 15.2 Å². The van der Waals surface area contributed by atoms with Gasteiger partial charge in [0.05, 0.1) is 20.8 Å². The first-order valence-corrected chi connectivity index (χ1v) is 10.1. The molecule has 2 heterocycles.